The van der Waals surface area contributed by atoms with Crippen LogP contribution in [0.2, 0.25) is 0 Å². The van der Waals surface area contributed by atoms with Gasteiger partial charge in [-0.25, -0.2) is 4.52 Å². The first-order chi connectivity index (χ1) is 13.1. The summed E-state index contributed by atoms with van der Waals surface area (Å²) >= 11 is 2.85. The van der Waals surface area contributed by atoms with E-state index in [-0.39, 0.29) is 30.5 Å². The summed E-state index contributed by atoms with van der Waals surface area (Å²) in [4.78, 5) is 29.8. The maximum Gasteiger partial charge on any atom is 0.250 e. The normalized spacial score (nSPS) is 11.0. The Bertz CT molecular complexity index is 1090. The molecule has 0 radical (unpaired) electrons. The number of aryl methyl sites for hydroxylation is 1. The number of thiazole rings is 1. The monoisotopic (exact) mass is 396 g/mol. The lowest BCUT2D eigenvalue weighted by Gasteiger charge is -2.01. The van der Waals surface area contributed by atoms with Crippen molar-refractivity contribution in [2.45, 2.75) is 19.8 Å². The molecule has 1 aromatic carbocycles. The molecule has 0 saturated heterocycles. The number of benzene rings is 1. The SMILES string of the molecule is Cc1ccc(-c2csc3nc(NC(=O)CCC(=O)c4cccs4)nn23)cc1. The van der Waals surface area contributed by atoms with Gasteiger partial charge in [-0.3, -0.25) is 14.9 Å². The van der Waals surface area contributed by atoms with E-state index < -0.39 is 0 Å². The van der Waals surface area contributed by atoms with Crippen molar-refractivity contribution in [1.29, 1.82) is 0 Å². The third-order valence-electron chi connectivity index (χ3n) is 4.06. The highest BCUT2D eigenvalue weighted by Crippen LogP contribution is 2.26. The second kappa shape index (κ2) is 7.42. The van der Waals surface area contributed by atoms with Crippen molar-refractivity contribution < 1.29 is 9.59 Å². The smallest absolute Gasteiger partial charge is 0.250 e. The summed E-state index contributed by atoms with van der Waals surface area (Å²) < 4.78 is 1.72. The van der Waals surface area contributed by atoms with Crippen LogP contribution in [0.3, 0.4) is 0 Å². The zero-order valence-corrected chi connectivity index (χ0v) is 16.1. The van der Waals surface area contributed by atoms with Crippen LogP contribution in [0.4, 0.5) is 5.95 Å². The first-order valence-electron chi connectivity index (χ1n) is 8.38. The number of rotatable bonds is 6. The number of anilines is 1. The van der Waals surface area contributed by atoms with E-state index in [0.717, 1.165) is 11.3 Å². The molecule has 3 heterocycles. The number of fused-ring (bicyclic) bond motifs is 1. The maximum atomic E-state index is 12.1. The molecule has 0 atom stereocenters. The van der Waals surface area contributed by atoms with Crippen molar-refractivity contribution in [2.24, 2.45) is 0 Å². The van der Waals surface area contributed by atoms with E-state index in [9.17, 15) is 9.59 Å². The van der Waals surface area contributed by atoms with Crippen LogP contribution in [0.1, 0.15) is 28.1 Å². The summed E-state index contributed by atoms with van der Waals surface area (Å²) in [7, 11) is 0. The average molecular weight is 396 g/mol. The van der Waals surface area contributed by atoms with Gasteiger partial charge in [0, 0.05) is 23.8 Å². The van der Waals surface area contributed by atoms with Crippen LogP contribution in [0, 0.1) is 6.92 Å². The Hall–Kier alpha value is -2.84. The second-order valence-corrected chi connectivity index (χ2v) is 7.85. The van der Waals surface area contributed by atoms with Crippen LogP contribution in [-0.4, -0.2) is 26.3 Å². The molecule has 0 bridgehead atoms. The van der Waals surface area contributed by atoms with Gasteiger partial charge in [0.25, 0.3) is 0 Å². The first-order valence-corrected chi connectivity index (χ1v) is 10.1. The molecule has 4 rings (SSSR count). The highest BCUT2D eigenvalue weighted by Gasteiger charge is 2.15. The molecule has 6 nitrogen and oxygen atoms in total. The molecule has 8 heteroatoms. The third kappa shape index (κ3) is 3.81. The first kappa shape index (κ1) is 17.6. The Morgan fingerprint density at radius 1 is 1.11 bits per heavy atom. The van der Waals surface area contributed by atoms with E-state index in [1.165, 1.54) is 28.2 Å². The molecule has 0 aliphatic heterocycles. The van der Waals surface area contributed by atoms with Crippen LogP contribution in [0.5, 0.6) is 0 Å². The van der Waals surface area contributed by atoms with Gasteiger partial charge < -0.3 is 0 Å². The zero-order chi connectivity index (χ0) is 18.8. The maximum absolute atomic E-state index is 12.1. The van der Waals surface area contributed by atoms with Crippen LogP contribution < -0.4 is 5.32 Å². The molecular formula is C19H16N4O2S2. The number of Topliss-reactive ketones (excluding diaryl/α,β-unsaturated/α-hetero) is 1. The molecule has 0 aliphatic carbocycles. The lowest BCUT2D eigenvalue weighted by molar-refractivity contribution is -0.116. The van der Waals surface area contributed by atoms with Crippen molar-refractivity contribution in [3.05, 3.63) is 57.6 Å². The topological polar surface area (TPSA) is 76.4 Å². The van der Waals surface area contributed by atoms with Gasteiger partial charge in [-0.05, 0) is 18.4 Å². The van der Waals surface area contributed by atoms with Gasteiger partial charge in [-0.1, -0.05) is 35.9 Å². The zero-order valence-electron chi connectivity index (χ0n) is 14.5. The summed E-state index contributed by atoms with van der Waals surface area (Å²) in [6.07, 6.45) is 0.275. The van der Waals surface area contributed by atoms with Crippen molar-refractivity contribution in [3.63, 3.8) is 0 Å². The molecular weight excluding hydrogens is 380 g/mol. The highest BCUT2D eigenvalue weighted by atomic mass is 32.1. The van der Waals surface area contributed by atoms with Crippen molar-refractivity contribution in [1.82, 2.24) is 14.6 Å². The van der Waals surface area contributed by atoms with Gasteiger partial charge in [0.1, 0.15) is 0 Å². The summed E-state index contributed by atoms with van der Waals surface area (Å²) in [6.45, 7) is 2.04. The molecule has 1 amide bonds. The Morgan fingerprint density at radius 2 is 1.93 bits per heavy atom. The molecule has 0 saturated carbocycles. The van der Waals surface area contributed by atoms with E-state index in [4.69, 9.17) is 0 Å². The van der Waals surface area contributed by atoms with Gasteiger partial charge in [0.15, 0.2) is 5.78 Å². The minimum atomic E-state index is -0.268. The van der Waals surface area contributed by atoms with Crippen LogP contribution in [0.15, 0.2) is 47.2 Å². The summed E-state index contributed by atoms with van der Waals surface area (Å²) in [5.74, 6) is -0.0422. The van der Waals surface area contributed by atoms with Crippen LogP contribution in [-0.2, 0) is 4.79 Å². The number of ketones is 1. The van der Waals surface area contributed by atoms with Gasteiger partial charge >= 0.3 is 0 Å². The summed E-state index contributed by atoms with van der Waals surface area (Å²) in [5, 5.41) is 10.9. The van der Waals surface area contributed by atoms with E-state index in [2.05, 4.69) is 15.4 Å². The standard InChI is InChI=1S/C19H16N4O2S2/c1-12-4-6-13(7-5-12)14-11-27-19-21-18(22-23(14)19)20-17(25)9-8-15(24)16-3-2-10-26-16/h2-7,10-11H,8-9H2,1H3,(H,20,22,25). The number of amides is 1. The predicted molar refractivity (Wildman–Crippen MR) is 108 cm³/mol. The number of thiophene rings is 1. The van der Waals surface area contributed by atoms with Crippen LogP contribution >= 0.6 is 22.7 Å². The highest BCUT2D eigenvalue weighted by molar-refractivity contribution is 7.15. The summed E-state index contributed by atoms with van der Waals surface area (Å²) in [6, 6.07) is 11.7. The van der Waals surface area contributed by atoms with Gasteiger partial charge in [0.2, 0.25) is 16.8 Å². The van der Waals surface area contributed by atoms with Gasteiger partial charge in [-0.15, -0.1) is 27.8 Å². The van der Waals surface area contributed by atoms with E-state index >= 15 is 0 Å². The minimum Gasteiger partial charge on any atom is -0.293 e. The number of aromatic nitrogens is 3. The van der Waals surface area contributed by atoms with Gasteiger partial charge in [0.05, 0.1) is 10.6 Å². The van der Waals surface area contributed by atoms with Crippen molar-refractivity contribution in [2.75, 3.05) is 5.32 Å². The molecule has 0 unspecified atom stereocenters. The number of carbonyl (C=O) groups excluding carboxylic acids is 2. The lowest BCUT2D eigenvalue weighted by atomic mass is 10.1. The average Bonchev–Trinajstić information content (AvgIpc) is 3.37. The number of nitrogens with zero attached hydrogens (tertiary/aromatic N) is 3. The number of hydrogen-bond acceptors (Lipinski definition) is 6. The fourth-order valence-electron chi connectivity index (χ4n) is 2.63. The molecule has 0 aliphatic rings. The summed E-state index contributed by atoms with van der Waals surface area (Å²) in [5.41, 5.74) is 3.15. The van der Waals surface area contributed by atoms with E-state index in [1.807, 2.05) is 48.0 Å². The Balaban J connectivity index is 1.44. The van der Waals surface area contributed by atoms with Crippen LogP contribution in [0.25, 0.3) is 16.2 Å². The number of hydrogen-bond donors (Lipinski definition) is 1. The van der Waals surface area contributed by atoms with Crippen molar-refractivity contribution in [3.8, 4) is 11.3 Å². The number of carbonyl (C=O) groups is 2. The van der Waals surface area contributed by atoms with E-state index in [0.29, 0.717) is 9.84 Å². The molecule has 0 fully saturated rings. The molecule has 0 spiro atoms. The van der Waals surface area contributed by atoms with E-state index in [1.54, 1.807) is 10.6 Å². The fraction of sp³-hybridized carbons (Fsp3) is 0.158. The fourth-order valence-corrected chi connectivity index (χ4v) is 4.16. The second-order valence-electron chi connectivity index (χ2n) is 6.07. The number of nitrogens with one attached hydrogen (secondary N) is 1. The molecule has 4 aromatic rings. The largest absolute Gasteiger partial charge is 0.293 e. The van der Waals surface area contributed by atoms with Crippen molar-refractivity contribution >= 4 is 45.3 Å². The Labute approximate surface area is 163 Å². The Kier molecular flexibility index (Phi) is 4.83. The van der Waals surface area contributed by atoms with Gasteiger partial charge in [-0.2, -0.15) is 4.98 Å². The third-order valence-corrected chi connectivity index (χ3v) is 5.78. The molecule has 27 heavy (non-hydrogen) atoms. The lowest BCUT2D eigenvalue weighted by Crippen LogP contribution is -2.14. The molecule has 136 valence electrons. The minimum absolute atomic E-state index is 0.0272. The molecule has 3 aromatic heterocycles. The molecule has 1 N–H and O–H groups in total. The quantitative estimate of drug-likeness (QED) is 0.489. The Morgan fingerprint density at radius 3 is 2.67 bits per heavy atom. The predicted octanol–water partition coefficient (Wildman–Crippen LogP) is 4.43.